The van der Waals surface area contributed by atoms with E-state index < -0.39 is 22.5 Å². The van der Waals surface area contributed by atoms with Crippen molar-refractivity contribution in [2.24, 2.45) is 0 Å². The molecule has 1 aromatic carbocycles. The number of anilines is 1. The average Bonchev–Trinajstić information content (AvgIpc) is 2.83. The quantitative estimate of drug-likeness (QED) is 0.665. The smallest absolute Gasteiger partial charge is 0.348 e. The van der Waals surface area contributed by atoms with E-state index in [2.05, 4.69) is 5.32 Å². The fourth-order valence-electron chi connectivity index (χ4n) is 1.54. The number of nitro groups is 1. The Morgan fingerprint density at radius 1 is 1.25 bits per heavy atom. The van der Waals surface area contributed by atoms with Gasteiger partial charge in [-0.3, -0.25) is 14.9 Å². The van der Waals surface area contributed by atoms with Gasteiger partial charge in [0, 0.05) is 5.56 Å². The molecule has 1 amide bonds. The summed E-state index contributed by atoms with van der Waals surface area (Å²) >= 11 is 0.694. The summed E-state index contributed by atoms with van der Waals surface area (Å²) in [5.41, 5.74) is -0.442. The molecule has 0 aliphatic rings. The molecule has 8 heteroatoms. The summed E-state index contributed by atoms with van der Waals surface area (Å²) in [4.78, 5) is 32.8. The van der Waals surface area contributed by atoms with Crippen LogP contribution in [-0.2, 0) is 0 Å². The lowest BCUT2D eigenvalue weighted by molar-refractivity contribution is -0.383. The van der Waals surface area contributed by atoms with E-state index in [9.17, 15) is 19.7 Å². The highest BCUT2D eigenvalue weighted by molar-refractivity contribution is 7.13. The molecule has 0 bridgehead atoms. The largest absolute Gasteiger partial charge is 0.477 e. The number of thiophene rings is 1. The Morgan fingerprint density at radius 3 is 2.45 bits per heavy atom. The second-order valence-electron chi connectivity index (χ2n) is 3.71. The van der Waals surface area contributed by atoms with Gasteiger partial charge < -0.3 is 10.4 Å². The van der Waals surface area contributed by atoms with Gasteiger partial charge in [-0.05, 0) is 12.1 Å². The average molecular weight is 292 g/mol. The number of carbonyl (C=O) groups is 2. The number of hydrogen-bond donors (Lipinski definition) is 2. The molecule has 2 N–H and O–H groups in total. The summed E-state index contributed by atoms with van der Waals surface area (Å²) in [5, 5.41) is 23.2. The van der Waals surface area contributed by atoms with Crippen molar-refractivity contribution in [3.63, 3.8) is 0 Å². The van der Waals surface area contributed by atoms with E-state index in [1.807, 2.05) is 0 Å². The molecule has 2 aromatic rings. The van der Waals surface area contributed by atoms with Crippen LogP contribution in [0, 0.1) is 10.1 Å². The van der Waals surface area contributed by atoms with E-state index in [1.165, 1.54) is 12.1 Å². The molecule has 7 nitrogen and oxygen atoms in total. The maximum Gasteiger partial charge on any atom is 0.348 e. The zero-order valence-electron chi connectivity index (χ0n) is 9.90. The summed E-state index contributed by atoms with van der Waals surface area (Å²) in [7, 11) is 0. The van der Waals surface area contributed by atoms with Crippen LogP contribution in [0.2, 0.25) is 0 Å². The van der Waals surface area contributed by atoms with Gasteiger partial charge in [-0.2, -0.15) is 0 Å². The molecule has 0 saturated heterocycles. The van der Waals surface area contributed by atoms with Crippen molar-refractivity contribution in [1.29, 1.82) is 0 Å². The number of carbonyl (C=O) groups excluding carboxylic acids is 1. The van der Waals surface area contributed by atoms with Gasteiger partial charge >= 0.3 is 11.7 Å². The number of nitrogens with zero attached hydrogens (tertiary/aromatic N) is 1. The predicted molar refractivity (Wildman–Crippen MR) is 72.3 cm³/mol. The van der Waals surface area contributed by atoms with Crippen molar-refractivity contribution in [2.75, 3.05) is 5.32 Å². The number of amides is 1. The summed E-state index contributed by atoms with van der Waals surface area (Å²) in [6, 6.07) is 8.03. The van der Waals surface area contributed by atoms with Crippen LogP contribution in [0.15, 0.2) is 35.7 Å². The monoisotopic (exact) mass is 292 g/mol. The van der Waals surface area contributed by atoms with E-state index in [0.29, 0.717) is 11.3 Å². The van der Waals surface area contributed by atoms with Gasteiger partial charge in [-0.1, -0.05) is 18.2 Å². The Hall–Kier alpha value is -2.74. The van der Waals surface area contributed by atoms with E-state index in [0.717, 1.165) is 5.38 Å². The number of carboxylic acid groups (broad SMARTS) is 1. The second-order valence-corrected chi connectivity index (χ2v) is 4.59. The number of rotatable bonds is 4. The normalized spacial score (nSPS) is 10.0. The first-order chi connectivity index (χ1) is 9.50. The molecule has 0 radical (unpaired) electrons. The minimum absolute atomic E-state index is 0.277. The SMILES string of the molecule is O=C(Nc1c([N+](=O)[O-])csc1C(=O)O)c1ccccc1. The van der Waals surface area contributed by atoms with Crippen LogP contribution in [0.4, 0.5) is 11.4 Å². The Balaban J connectivity index is 2.37. The van der Waals surface area contributed by atoms with Crippen molar-refractivity contribution < 1.29 is 19.6 Å². The van der Waals surface area contributed by atoms with Crippen molar-refractivity contribution in [3.8, 4) is 0 Å². The van der Waals surface area contributed by atoms with Gasteiger partial charge in [-0.25, -0.2) is 4.79 Å². The van der Waals surface area contributed by atoms with Crippen LogP contribution < -0.4 is 5.32 Å². The van der Waals surface area contributed by atoms with Gasteiger partial charge in [0.05, 0.1) is 10.3 Å². The topological polar surface area (TPSA) is 110 Å². The molecule has 0 atom stereocenters. The maximum absolute atomic E-state index is 11.9. The number of benzene rings is 1. The molecular formula is C12H8N2O5S. The van der Waals surface area contributed by atoms with E-state index >= 15 is 0 Å². The highest BCUT2D eigenvalue weighted by atomic mass is 32.1. The summed E-state index contributed by atoms with van der Waals surface area (Å²) in [6.45, 7) is 0. The van der Waals surface area contributed by atoms with Gasteiger partial charge in [0.15, 0.2) is 0 Å². The molecule has 0 fully saturated rings. The molecule has 0 spiro atoms. The molecule has 102 valence electrons. The number of hydrogen-bond acceptors (Lipinski definition) is 5. The number of carboxylic acids is 1. The summed E-state index contributed by atoms with van der Waals surface area (Å²) in [6.07, 6.45) is 0. The third kappa shape index (κ3) is 2.64. The van der Waals surface area contributed by atoms with Crippen LogP contribution >= 0.6 is 11.3 Å². The van der Waals surface area contributed by atoms with E-state index in [4.69, 9.17) is 5.11 Å². The molecule has 1 aromatic heterocycles. The zero-order chi connectivity index (χ0) is 14.7. The molecule has 20 heavy (non-hydrogen) atoms. The molecule has 0 aliphatic carbocycles. The fourth-order valence-corrected chi connectivity index (χ4v) is 2.34. The lowest BCUT2D eigenvalue weighted by Gasteiger charge is -2.04. The first kappa shape index (κ1) is 13.7. The van der Waals surface area contributed by atoms with Crippen LogP contribution in [0.1, 0.15) is 20.0 Å². The molecule has 0 unspecified atom stereocenters. The lowest BCUT2D eigenvalue weighted by atomic mass is 10.2. The van der Waals surface area contributed by atoms with Gasteiger partial charge in [-0.15, -0.1) is 11.3 Å². The van der Waals surface area contributed by atoms with Crippen molar-refractivity contribution in [1.82, 2.24) is 0 Å². The first-order valence-electron chi connectivity index (χ1n) is 5.36. The maximum atomic E-state index is 11.9. The molecule has 2 rings (SSSR count). The fraction of sp³-hybridized carbons (Fsp3) is 0. The Kier molecular flexibility index (Phi) is 3.76. The Bertz CT molecular complexity index is 649. The van der Waals surface area contributed by atoms with E-state index in [1.54, 1.807) is 18.2 Å². The Labute approximate surface area is 116 Å². The summed E-state index contributed by atoms with van der Waals surface area (Å²) in [5.74, 6) is -1.93. The van der Waals surface area contributed by atoms with E-state index in [-0.39, 0.29) is 16.1 Å². The number of nitrogens with one attached hydrogen (secondary N) is 1. The number of aromatic carboxylic acids is 1. The van der Waals surface area contributed by atoms with Crippen molar-refractivity contribution in [2.45, 2.75) is 0 Å². The third-order valence-corrected chi connectivity index (χ3v) is 3.39. The van der Waals surface area contributed by atoms with Crippen LogP contribution in [0.25, 0.3) is 0 Å². The minimum Gasteiger partial charge on any atom is -0.477 e. The molecule has 0 aliphatic heterocycles. The predicted octanol–water partition coefficient (Wildman–Crippen LogP) is 2.61. The van der Waals surface area contributed by atoms with Gasteiger partial charge in [0.25, 0.3) is 5.91 Å². The van der Waals surface area contributed by atoms with Crippen molar-refractivity contribution in [3.05, 3.63) is 56.3 Å². The second kappa shape index (κ2) is 5.49. The molecular weight excluding hydrogens is 284 g/mol. The zero-order valence-corrected chi connectivity index (χ0v) is 10.7. The third-order valence-electron chi connectivity index (χ3n) is 2.44. The van der Waals surface area contributed by atoms with Gasteiger partial charge in [0.2, 0.25) is 0 Å². The highest BCUT2D eigenvalue weighted by Gasteiger charge is 2.26. The molecule has 1 heterocycles. The van der Waals surface area contributed by atoms with Crippen LogP contribution in [0.3, 0.4) is 0 Å². The minimum atomic E-state index is -1.33. The highest BCUT2D eigenvalue weighted by Crippen LogP contribution is 2.34. The lowest BCUT2D eigenvalue weighted by Crippen LogP contribution is -2.14. The standard InChI is InChI=1S/C12H8N2O5S/c15-11(7-4-2-1-3-5-7)13-9-8(14(18)19)6-20-10(9)12(16)17/h1-6H,(H,13,15)(H,16,17). The van der Waals surface area contributed by atoms with Crippen LogP contribution in [0.5, 0.6) is 0 Å². The van der Waals surface area contributed by atoms with Crippen LogP contribution in [-0.4, -0.2) is 21.9 Å². The molecule has 0 saturated carbocycles. The Morgan fingerprint density at radius 2 is 1.90 bits per heavy atom. The van der Waals surface area contributed by atoms with Crippen molar-refractivity contribution >= 4 is 34.6 Å². The summed E-state index contributed by atoms with van der Waals surface area (Å²) < 4.78 is 0. The van der Waals surface area contributed by atoms with Gasteiger partial charge in [0.1, 0.15) is 10.6 Å². The first-order valence-corrected chi connectivity index (χ1v) is 6.24.